The van der Waals surface area contributed by atoms with Gasteiger partial charge >= 0.3 is 0 Å². The molecule has 2 aromatic carbocycles. The molecule has 2 rings (SSSR count). The number of ketones is 1. The van der Waals surface area contributed by atoms with Gasteiger partial charge in [-0.1, -0.05) is 27.5 Å². The lowest BCUT2D eigenvalue weighted by Gasteiger charge is -2.05. The van der Waals surface area contributed by atoms with E-state index >= 15 is 0 Å². The first-order chi connectivity index (χ1) is 8.97. The SMILES string of the molecule is O=C(Cc1cc(F)ccc1Br)c1ccc(Cl)c(F)c1. The van der Waals surface area contributed by atoms with Crippen molar-refractivity contribution < 1.29 is 13.6 Å². The van der Waals surface area contributed by atoms with Crippen LogP contribution in [0.25, 0.3) is 0 Å². The molecule has 19 heavy (non-hydrogen) atoms. The maximum Gasteiger partial charge on any atom is 0.167 e. The summed E-state index contributed by atoms with van der Waals surface area (Å²) in [5, 5.41) is -0.0384. The molecular weight excluding hydrogens is 338 g/mol. The fourth-order valence-corrected chi connectivity index (χ4v) is 2.13. The molecule has 0 N–H and O–H groups in total. The number of hydrogen-bond acceptors (Lipinski definition) is 1. The van der Waals surface area contributed by atoms with Crippen LogP contribution in [0, 0.1) is 11.6 Å². The molecule has 0 saturated carbocycles. The number of carbonyl (C=O) groups is 1. The highest BCUT2D eigenvalue weighted by Gasteiger charge is 2.12. The van der Waals surface area contributed by atoms with E-state index in [2.05, 4.69) is 15.9 Å². The van der Waals surface area contributed by atoms with Gasteiger partial charge in [-0.3, -0.25) is 4.79 Å². The summed E-state index contributed by atoms with van der Waals surface area (Å²) >= 11 is 8.79. The van der Waals surface area contributed by atoms with Crippen molar-refractivity contribution in [3.63, 3.8) is 0 Å². The molecule has 0 aliphatic carbocycles. The van der Waals surface area contributed by atoms with E-state index in [1.807, 2.05) is 0 Å². The first kappa shape index (κ1) is 14.2. The summed E-state index contributed by atoms with van der Waals surface area (Å²) in [6.07, 6.45) is -0.0145. The molecular formula is C14H8BrClF2O. The molecule has 0 fully saturated rings. The van der Waals surface area contributed by atoms with Crippen molar-refractivity contribution in [1.82, 2.24) is 0 Å². The smallest absolute Gasteiger partial charge is 0.167 e. The van der Waals surface area contributed by atoms with E-state index in [0.29, 0.717) is 10.0 Å². The van der Waals surface area contributed by atoms with E-state index in [4.69, 9.17) is 11.6 Å². The topological polar surface area (TPSA) is 17.1 Å². The number of Topliss-reactive ketones (excluding diaryl/α,β-unsaturated/α-hetero) is 1. The van der Waals surface area contributed by atoms with Gasteiger partial charge in [-0.05, 0) is 42.0 Å². The number of hydrogen-bond donors (Lipinski definition) is 0. The van der Waals surface area contributed by atoms with Crippen molar-refractivity contribution in [1.29, 1.82) is 0 Å². The predicted molar refractivity (Wildman–Crippen MR) is 73.5 cm³/mol. The van der Waals surface area contributed by atoms with Crippen LogP contribution in [0.5, 0.6) is 0 Å². The molecule has 5 heteroatoms. The molecule has 0 unspecified atom stereocenters. The van der Waals surface area contributed by atoms with Gasteiger partial charge in [0.25, 0.3) is 0 Å². The summed E-state index contributed by atoms with van der Waals surface area (Å²) in [5.41, 5.74) is 0.721. The minimum Gasteiger partial charge on any atom is -0.294 e. The van der Waals surface area contributed by atoms with Gasteiger partial charge in [0, 0.05) is 16.5 Å². The summed E-state index contributed by atoms with van der Waals surface area (Å²) in [6.45, 7) is 0. The lowest BCUT2D eigenvalue weighted by Crippen LogP contribution is -2.05. The van der Waals surface area contributed by atoms with E-state index in [1.54, 1.807) is 0 Å². The molecule has 0 bridgehead atoms. The van der Waals surface area contributed by atoms with E-state index in [-0.39, 0.29) is 22.8 Å². The highest BCUT2D eigenvalue weighted by Crippen LogP contribution is 2.21. The second-order valence-corrected chi connectivity index (χ2v) is 5.23. The number of carbonyl (C=O) groups excluding carboxylic acids is 1. The normalized spacial score (nSPS) is 10.5. The summed E-state index contributed by atoms with van der Waals surface area (Å²) in [5.74, 6) is -1.37. The lowest BCUT2D eigenvalue weighted by atomic mass is 10.0. The number of rotatable bonds is 3. The molecule has 0 aromatic heterocycles. The Morgan fingerprint density at radius 1 is 1.16 bits per heavy atom. The summed E-state index contributed by atoms with van der Waals surface area (Å²) < 4.78 is 27.0. The van der Waals surface area contributed by atoms with Crippen molar-refractivity contribution in [2.75, 3.05) is 0 Å². The van der Waals surface area contributed by atoms with Gasteiger partial charge in [0.05, 0.1) is 5.02 Å². The van der Waals surface area contributed by atoms with Crippen LogP contribution in [0.3, 0.4) is 0 Å². The van der Waals surface area contributed by atoms with Gasteiger partial charge in [0.2, 0.25) is 0 Å². The second-order valence-electron chi connectivity index (χ2n) is 3.96. The van der Waals surface area contributed by atoms with Crippen LogP contribution in [-0.4, -0.2) is 5.78 Å². The average molecular weight is 346 g/mol. The van der Waals surface area contributed by atoms with Gasteiger partial charge in [0.15, 0.2) is 5.78 Å². The van der Waals surface area contributed by atoms with E-state index in [9.17, 15) is 13.6 Å². The molecule has 0 saturated heterocycles. The monoisotopic (exact) mass is 344 g/mol. The van der Waals surface area contributed by atoms with Crippen molar-refractivity contribution in [3.05, 3.63) is 68.7 Å². The molecule has 0 atom stereocenters. The standard InChI is InChI=1S/C14H8BrClF2O/c15-11-3-2-10(17)5-9(11)7-14(19)8-1-4-12(16)13(18)6-8/h1-6H,7H2. The van der Waals surface area contributed by atoms with Gasteiger partial charge in [0.1, 0.15) is 11.6 Å². The molecule has 0 amide bonds. The van der Waals surface area contributed by atoms with Crippen molar-refractivity contribution >= 4 is 33.3 Å². The van der Waals surface area contributed by atoms with Crippen molar-refractivity contribution in [2.45, 2.75) is 6.42 Å². The number of halogens is 4. The highest BCUT2D eigenvalue weighted by atomic mass is 79.9. The van der Waals surface area contributed by atoms with Crippen molar-refractivity contribution in [2.24, 2.45) is 0 Å². The minimum absolute atomic E-state index is 0.0145. The van der Waals surface area contributed by atoms with Crippen LogP contribution in [0.1, 0.15) is 15.9 Å². The van der Waals surface area contributed by atoms with E-state index in [0.717, 1.165) is 6.07 Å². The second kappa shape index (κ2) is 5.80. The Labute approximate surface area is 122 Å². The molecule has 0 aliphatic heterocycles. The Morgan fingerprint density at radius 2 is 1.89 bits per heavy atom. The van der Waals surface area contributed by atoms with E-state index < -0.39 is 11.6 Å². The third kappa shape index (κ3) is 3.39. The van der Waals surface area contributed by atoms with E-state index in [1.165, 1.54) is 30.3 Å². The fourth-order valence-electron chi connectivity index (χ4n) is 1.62. The molecule has 0 heterocycles. The number of benzene rings is 2. The molecule has 2 aromatic rings. The third-order valence-corrected chi connectivity index (χ3v) is 3.68. The van der Waals surface area contributed by atoms with Crippen LogP contribution in [0.2, 0.25) is 5.02 Å². The zero-order chi connectivity index (χ0) is 14.0. The largest absolute Gasteiger partial charge is 0.294 e. The first-order valence-corrected chi connectivity index (χ1v) is 6.56. The zero-order valence-electron chi connectivity index (χ0n) is 9.59. The summed E-state index contributed by atoms with van der Waals surface area (Å²) in [4.78, 5) is 12.0. The predicted octanol–water partition coefficient (Wildman–Crippen LogP) is 4.81. The zero-order valence-corrected chi connectivity index (χ0v) is 11.9. The van der Waals surface area contributed by atoms with Gasteiger partial charge in [-0.25, -0.2) is 8.78 Å². The molecule has 0 spiro atoms. The third-order valence-electron chi connectivity index (χ3n) is 2.60. The fraction of sp³-hybridized carbons (Fsp3) is 0.0714. The van der Waals surface area contributed by atoms with Crippen LogP contribution in [0.15, 0.2) is 40.9 Å². The van der Waals surface area contributed by atoms with Crippen LogP contribution in [0.4, 0.5) is 8.78 Å². The Bertz CT molecular complexity index is 643. The quantitative estimate of drug-likeness (QED) is 0.730. The first-order valence-electron chi connectivity index (χ1n) is 5.39. The highest BCUT2D eigenvalue weighted by molar-refractivity contribution is 9.10. The maximum atomic E-state index is 13.3. The lowest BCUT2D eigenvalue weighted by molar-refractivity contribution is 0.0992. The summed E-state index contributed by atoms with van der Waals surface area (Å²) in [6, 6.07) is 7.94. The van der Waals surface area contributed by atoms with Crippen LogP contribution in [-0.2, 0) is 6.42 Å². The van der Waals surface area contributed by atoms with Gasteiger partial charge in [-0.15, -0.1) is 0 Å². The molecule has 1 nitrogen and oxygen atoms in total. The Balaban J connectivity index is 2.25. The Kier molecular flexibility index (Phi) is 4.32. The molecule has 0 aliphatic rings. The Hall–Kier alpha value is -1.26. The molecule has 0 radical (unpaired) electrons. The van der Waals surface area contributed by atoms with Crippen molar-refractivity contribution in [3.8, 4) is 0 Å². The van der Waals surface area contributed by atoms with Gasteiger partial charge < -0.3 is 0 Å². The average Bonchev–Trinajstić information content (AvgIpc) is 2.37. The van der Waals surface area contributed by atoms with Crippen LogP contribution < -0.4 is 0 Å². The van der Waals surface area contributed by atoms with Crippen LogP contribution >= 0.6 is 27.5 Å². The maximum absolute atomic E-state index is 13.3. The van der Waals surface area contributed by atoms with Gasteiger partial charge in [-0.2, -0.15) is 0 Å². The minimum atomic E-state index is -0.647. The summed E-state index contributed by atoms with van der Waals surface area (Å²) in [7, 11) is 0. The molecule has 98 valence electrons. The Morgan fingerprint density at radius 3 is 2.58 bits per heavy atom.